The van der Waals surface area contributed by atoms with Gasteiger partial charge in [0.05, 0.1) is 28.2 Å². The molecule has 3 aromatic carbocycles. The van der Waals surface area contributed by atoms with Gasteiger partial charge in [0.1, 0.15) is 12.5 Å². The Kier molecular flexibility index (Phi) is 8.86. The number of halogens is 1. The van der Waals surface area contributed by atoms with Crippen LogP contribution in [0.1, 0.15) is 78.2 Å². The lowest BCUT2D eigenvalue weighted by Crippen LogP contribution is -2.32. The summed E-state index contributed by atoms with van der Waals surface area (Å²) in [5, 5.41) is 20.6. The molecule has 0 bridgehead atoms. The van der Waals surface area contributed by atoms with Crippen molar-refractivity contribution in [2.75, 3.05) is 6.67 Å². The second kappa shape index (κ2) is 12.5. The van der Waals surface area contributed by atoms with Crippen molar-refractivity contribution in [2.24, 2.45) is 0 Å². The third kappa shape index (κ3) is 6.39. The minimum atomic E-state index is -1.19. The van der Waals surface area contributed by atoms with Crippen LogP contribution in [0.3, 0.4) is 0 Å². The number of carbonyl (C=O) groups excluding carboxylic acids is 1. The van der Waals surface area contributed by atoms with Gasteiger partial charge in [-0.2, -0.15) is 0 Å². The molecule has 202 valence electrons. The standard InChI is InChI=1S/C31H33FN4O3/c1-20(2)36-28-15-9-8-13-26(28)34-29(36)27(14-7-6-12-23(33)19-32)35-30(37)24-17-16-22(18-25(24)31(38)39)21-10-4-3-5-11-21/h3-5,8-11,13,15-18,20,27,33H,6-7,12,14,19H2,1-2H3,(H,35,37)(H,38,39)/t27-/m0/s1. The van der Waals surface area contributed by atoms with Crippen LogP contribution in [0.15, 0.2) is 72.8 Å². The van der Waals surface area contributed by atoms with Crippen molar-refractivity contribution < 1.29 is 19.1 Å². The quantitative estimate of drug-likeness (QED) is 0.136. The average Bonchev–Trinajstić information content (AvgIpc) is 3.34. The second-order valence-corrected chi connectivity index (χ2v) is 9.86. The van der Waals surface area contributed by atoms with E-state index >= 15 is 0 Å². The van der Waals surface area contributed by atoms with E-state index in [9.17, 15) is 19.1 Å². The summed E-state index contributed by atoms with van der Waals surface area (Å²) in [4.78, 5) is 30.6. The van der Waals surface area contributed by atoms with Crippen molar-refractivity contribution >= 4 is 28.6 Å². The molecule has 3 N–H and O–H groups in total. The SMILES string of the molecule is CC(C)n1c([C@H](CCCCC(=N)CF)NC(=O)c2ccc(-c3ccccc3)cc2C(=O)O)nc2ccccc21. The fourth-order valence-electron chi connectivity index (χ4n) is 4.84. The number of carboxylic acids is 1. The zero-order valence-electron chi connectivity index (χ0n) is 22.2. The molecule has 0 fully saturated rings. The molecule has 1 aromatic heterocycles. The molecule has 0 spiro atoms. The van der Waals surface area contributed by atoms with E-state index in [1.807, 2.05) is 68.4 Å². The maximum atomic E-state index is 13.6. The van der Waals surface area contributed by atoms with E-state index in [0.717, 1.165) is 16.6 Å². The van der Waals surface area contributed by atoms with E-state index in [4.69, 9.17) is 10.4 Å². The molecular weight excluding hydrogens is 495 g/mol. The number of nitrogens with zero attached hydrogens (tertiary/aromatic N) is 2. The van der Waals surface area contributed by atoms with Crippen molar-refractivity contribution in [3.05, 3.63) is 89.7 Å². The molecule has 8 heteroatoms. The lowest BCUT2D eigenvalue weighted by Gasteiger charge is -2.22. The van der Waals surface area contributed by atoms with Gasteiger partial charge < -0.3 is 20.4 Å². The minimum Gasteiger partial charge on any atom is -0.478 e. The number of hydrogen-bond donors (Lipinski definition) is 3. The maximum Gasteiger partial charge on any atom is 0.336 e. The number of alkyl halides is 1. The number of fused-ring (bicyclic) bond motifs is 1. The zero-order chi connectivity index (χ0) is 27.9. The maximum absolute atomic E-state index is 13.6. The van der Waals surface area contributed by atoms with Gasteiger partial charge in [-0.05, 0) is 68.5 Å². The average molecular weight is 529 g/mol. The van der Waals surface area contributed by atoms with Crippen LogP contribution in [0, 0.1) is 5.41 Å². The Balaban J connectivity index is 1.68. The summed E-state index contributed by atoms with van der Waals surface area (Å²) in [5.74, 6) is -1.01. The summed E-state index contributed by atoms with van der Waals surface area (Å²) in [5.41, 5.74) is 3.35. The Morgan fingerprint density at radius 1 is 0.974 bits per heavy atom. The van der Waals surface area contributed by atoms with Gasteiger partial charge in [-0.1, -0.05) is 55.0 Å². The van der Waals surface area contributed by atoms with E-state index in [1.54, 1.807) is 12.1 Å². The number of unbranched alkanes of at least 4 members (excludes halogenated alkanes) is 1. The van der Waals surface area contributed by atoms with Gasteiger partial charge >= 0.3 is 5.97 Å². The van der Waals surface area contributed by atoms with Crippen LogP contribution in [-0.4, -0.2) is 38.9 Å². The number of carbonyl (C=O) groups is 2. The van der Waals surface area contributed by atoms with Gasteiger partial charge in [-0.3, -0.25) is 4.79 Å². The number of hydrogen-bond acceptors (Lipinski definition) is 4. The lowest BCUT2D eigenvalue weighted by atomic mass is 9.98. The summed E-state index contributed by atoms with van der Waals surface area (Å²) >= 11 is 0. The highest BCUT2D eigenvalue weighted by atomic mass is 19.1. The normalized spacial score (nSPS) is 12.0. The van der Waals surface area contributed by atoms with Crippen LogP contribution in [-0.2, 0) is 0 Å². The van der Waals surface area contributed by atoms with Gasteiger partial charge in [0.25, 0.3) is 5.91 Å². The molecule has 4 rings (SSSR count). The highest BCUT2D eigenvalue weighted by Gasteiger charge is 2.26. The molecule has 0 aliphatic heterocycles. The molecule has 1 atom stereocenters. The van der Waals surface area contributed by atoms with Crippen LogP contribution < -0.4 is 5.32 Å². The van der Waals surface area contributed by atoms with Crippen LogP contribution in [0.25, 0.3) is 22.2 Å². The molecule has 0 aliphatic rings. The predicted molar refractivity (Wildman–Crippen MR) is 151 cm³/mol. The monoisotopic (exact) mass is 528 g/mol. The van der Waals surface area contributed by atoms with E-state index in [1.165, 1.54) is 6.07 Å². The van der Waals surface area contributed by atoms with Gasteiger partial charge in [0, 0.05) is 11.8 Å². The van der Waals surface area contributed by atoms with Gasteiger partial charge in [0.15, 0.2) is 0 Å². The first-order valence-corrected chi connectivity index (χ1v) is 13.1. The first-order chi connectivity index (χ1) is 18.8. The number of rotatable bonds is 12. The van der Waals surface area contributed by atoms with Crippen molar-refractivity contribution in [1.82, 2.24) is 14.9 Å². The highest BCUT2D eigenvalue weighted by molar-refractivity contribution is 6.05. The number of benzene rings is 3. The van der Waals surface area contributed by atoms with E-state index in [0.29, 0.717) is 37.1 Å². The first kappa shape index (κ1) is 27.7. The number of carboxylic acid groups (broad SMARTS) is 1. The molecule has 4 aromatic rings. The molecule has 39 heavy (non-hydrogen) atoms. The number of aromatic nitrogens is 2. The fraction of sp³-hybridized carbons (Fsp3) is 0.290. The summed E-state index contributed by atoms with van der Waals surface area (Å²) in [7, 11) is 0. The Bertz CT molecular complexity index is 1480. The number of aromatic carboxylic acids is 1. The number of imidazole rings is 1. The third-order valence-corrected chi connectivity index (χ3v) is 6.74. The van der Waals surface area contributed by atoms with Crippen molar-refractivity contribution in [1.29, 1.82) is 5.41 Å². The topological polar surface area (TPSA) is 108 Å². The van der Waals surface area contributed by atoms with Gasteiger partial charge in [-0.15, -0.1) is 0 Å². The summed E-state index contributed by atoms with van der Waals surface area (Å²) < 4.78 is 14.8. The van der Waals surface area contributed by atoms with Crippen molar-refractivity contribution in [3.8, 4) is 11.1 Å². The third-order valence-electron chi connectivity index (χ3n) is 6.74. The zero-order valence-corrected chi connectivity index (χ0v) is 22.2. The Labute approximate surface area is 227 Å². The number of para-hydroxylation sites is 2. The van der Waals surface area contributed by atoms with Crippen LogP contribution >= 0.6 is 0 Å². The van der Waals surface area contributed by atoms with Gasteiger partial charge in [-0.25, -0.2) is 14.2 Å². The van der Waals surface area contributed by atoms with E-state index in [2.05, 4.69) is 9.88 Å². The molecule has 0 aliphatic carbocycles. The van der Waals surface area contributed by atoms with Gasteiger partial charge in [0.2, 0.25) is 0 Å². The van der Waals surface area contributed by atoms with Crippen LogP contribution in [0.4, 0.5) is 4.39 Å². The van der Waals surface area contributed by atoms with Crippen LogP contribution in [0.2, 0.25) is 0 Å². The summed E-state index contributed by atoms with van der Waals surface area (Å²) in [6.07, 6.45) is 2.09. The van der Waals surface area contributed by atoms with E-state index < -0.39 is 24.6 Å². The van der Waals surface area contributed by atoms with E-state index in [-0.39, 0.29) is 22.9 Å². The first-order valence-electron chi connectivity index (χ1n) is 13.1. The van der Waals surface area contributed by atoms with Crippen LogP contribution in [0.5, 0.6) is 0 Å². The Morgan fingerprint density at radius 2 is 1.69 bits per heavy atom. The number of amides is 1. The molecular formula is C31H33FN4O3. The molecule has 0 saturated carbocycles. The summed E-state index contributed by atoms with van der Waals surface area (Å²) in [6.45, 7) is 3.33. The molecule has 1 amide bonds. The molecule has 7 nitrogen and oxygen atoms in total. The van der Waals surface area contributed by atoms with Crippen molar-refractivity contribution in [2.45, 2.75) is 51.6 Å². The molecule has 0 radical (unpaired) electrons. The fourth-order valence-corrected chi connectivity index (χ4v) is 4.84. The largest absolute Gasteiger partial charge is 0.478 e. The molecule has 0 unspecified atom stereocenters. The minimum absolute atomic E-state index is 0.0506. The molecule has 0 saturated heterocycles. The highest BCUT2D eigenvalue weighted by Crippen LogP contribution is 2.29. The lowest BCUT2D eigenvalue weighted by molar-refractivity contribution is 0.0690. The Hall–Kier alpha value is -4.33. The number of nitrogens with one attached hydrogen (secondary N) is 2. The smallest absolute Gasteiger partial charge is 0.336 e. The summed E-state index contributed by atoms with van der Waals surface area (Å²) in [6, 6.07) is 21.5. The Morgan fingerprint density at radius 3 is 2.38 bits per heavy atom. The molecule has 1 heterocycles. The van der Waals surface area contributed by atoms with Crippen molar-refractivity contribution in [3.63, 3.8) is 0 Å². The predicted octanol–water partition coefficient (Wildman–Crippen LogP) is 7.00. The second-order valence-electron chi connectivity index (χ2n) is 9.86.